The van der Waals surface area contributed by atoms with Crippen molar-refractivity contribution >= 4 is 23.9 Å². The molecule has 0 aromatic heterocycles. The van der Waals surface area contributed by atoms with E-state index in [1.165, 1.54) is 38.1 Å². The van der Waals surface area contributed by atoms with Crippen molar-refractivity contribution in [3.05, 3.63) is 71.8 Å². The van der Waals surface area contributed by atoms with E-state index in [9.17, 15) is 45.5 Å². The minimum atomic E-state index is -5.24. The van der Waals surface area contributed by atoms with Gasteiger partial charge in [0.05, 0.1) is 0 Å². The fraction of sp³-hybridized carbons (Fsp3) is 0.529. The first kappa shape index (κ1) is 41.0. The van der Waals surface area contributed by atoms with Crippen molar-refractivity contribution < 1.29 is 69.2 Å². The number of halogens is 6. The standard InChI is InChI=1S/C34H40F6O9/c1-21(29(25-13-7-5-8-14-25)48-31(43)33(35,36)37)27(46-23(3)41)17-11-19-45-20-12-18-28(47-24(4)42)22(2)30(26-15-9-6-10-16-26)49-32(44)34(38,39)40/h5-10,13-16,21-22,27-30H,11-12,17-20H2,1-4H3/t21-,22-,27-,28-,29?,30?/m0/s1. The molecule has 0 heterocycles. The number of ether oxygens (including phenoxy) is 5. The van der Waals surface area contributed by atoms with Crippen LogP contribution < -0.4 is 0 Å². The van der Waals surface area contributed by atoms with Gasteiger partial charge in [-0.3, -0.25) is 9.59 Å². The van der Waals surface area contributed by atoms with Crippen LogP contribution in [-0.2, 0) is 42.9 Å². The van der Waals surface area contributed by atoms with Crippen LogP contribution in [0.5, 0.6) is 0 Å². The van der Waals surface area contributed by atoms with Gasteiger partial charge in [0, 0.05) is 38.9 Å². The predicted octanol–water partition coefficient (Wildman–Crippen LogP) is 7.39. The quantitative estimate of drug-likeness (QED) is 0.0678. The maximum atomic E-state index is 13.1. The first-order valence-corrected chi connectivity index (χ1v) is 15.5. The molecule has 15 heteroatoms. The summed E-state index contributed by atoms with van der Waals surface area (Å²) in [4.78, 5) is 47.2. The van der Waals surface area contributed by atoms with Gasteiger partial charge in [-0.05, 0) is 36.8 Å². The van der Waals surface area contributed by atoms with E-state index in [2.05, 4.69) is 0 Å². The fourth-order valence-corrected chi connectivity index (χ4v) is 5.16. The highest BCUT2D eigenvalue weighted by Crippen LogP contribution is 2.35. The number of benzene rings is 2. The molecule has 0 radical (unpaired) electrons. The zero-order chi connectivity index (χ0) is 36.8. The average Bonchev–Trinajstić information content (AvgIpc) is 3.03. The SMILES string of the molecule is CC(=O)O[C@@H](CCCOCCC[C@H](OC(C)=O)[C@H](C)C(OC(=O)C(F)(F)F)c1ccccc1)[C@H](C)C(OC(=O)C(F)(F)F)c1ccccc1. The number of rotatable bonds is 18. The molecule has 0 aliphatic carbocycles. The summed E-state index contributed by atoms with van der Waals surface area (Å²) >= 11 is 0. The van der Waals surface area contributed by atoms with Crippen molar-refractivity contribution in [1.29, 1.82) is 0 Å². The smallest absolute Gasteiger partial charge is 0.462 e. The molecule has 272 valence electrons. The van der Waals surface area contributed by atoms with Crippen LogP contribution >= 0.6 is 0 Å². The van der Waals surface area contributed by atoms with E-state index in [0.717, 1.165) is 13.8 Å². The van der Waals surface area contributed by atoms with Crippen LogP contribution in [0.4, 0.5) is 26.3 Å². The monoisotopic (exact) mass is 706 g/mol. The lowest BCUT2D eigenvalue weighted by Crippen LogP contribution is -2.35. The van der Waals surface area contributed by atoms with Gasteiger partial charge in [-0.25, -0.2) is 9.59 Å². The van der Waals surface area contributed by atoms with Crippen molar-refractivity contribution in [2.24, 2.45) is 11.8 Å². The Labute approximate surface area is 280 Å². The topological polar surface area (TPSA) is 114 Å². The highest BCUT2D eigenvalue weighted by atomic mass is 19.4. The molecule has 0 spiro atoms. The molecule has 2 aromatic rings. The maximum absolute atomic E-state index is 13.1. The summed E-state index contributed by atoms with van der Waals surface area (Å²) in [6.07, 6.45) is -14.3. The molecule has 0 aliphatic rings. The number of hydrogen-bond acceptors (Lipinski definition) is 9. The van der Waals surface area contributed by atoms with Gasteiger partial charge in [-0.1, -0.05) is 74.5 Å². The Bertz CT molecular complexity index is 1230. The third-order valence-corrected chi connectivity index (χ3v) is 7.50. The highest BCUT2D eigenvalue weighted by molar-refractivity contribution is 5.76. The van der Waals surface area contributed by atoms with Gasteiger partial charge in [-0.2, -0.15) is 26.3 Å². The van der Waals surface area contributed by atoms with Crippen molar-refractivity contribution in [3.8, 4) is 0 Å². The average molecular weight is 707 g/mol. The van der Waals surface area contributed by atoms with Crippen LogP contribution in [0.15, 0.2) is 60.7 Å². The summed E-state index contributed by atoms with van der Waals surface area (Å²) in [5, 5.41) is 0. The predicted molar refractivity (Wildman–Crippen MR) is 161 cm³/mol. The van der Waals surface area contributed by atoms with E-state index in [4.69, 9.17) is 23.7 Å². The number of alkyl halides is 6. The lowest BCUT2D eigenvalue weighted by molar-refractivity contribution is -0.210. The Kier molecular flexibility index (Phi) is 16.0. The molecule has 0 saturated heterocycles. The molecule has 0 fully saturated rings. The van der Waals surface area contributed by atoms with Crippen molar-refractivity contribution in [2.45, 2.75) is 90.1 Å². The van der Waals surface area contributed by atoms with E-state index in [-0.39, 0.29) is 50.0 Å². The fourth-order valence-electron chi connectivity index (χ4n) is 5.16. The summed E-state index contributed by atoms with van der Waals surface area (Å²) < 4.78 is 104. The maximum Gasteiger partial charge on any atom is 0.490 e. The first-order chi connectivity index (χ1) is 22.9. The Morgan fingerprint density at radius 3 is 1.18 bits per heavy atom. The molecule has 0 saturated carbocycles. The van der Waals surface area contributed by atoms with Crippen LogP contribution in [0.25, 0.3) is 0 Å². The molecule has 0 amide bonds. The molecule has 0 bridgehead atoms. The summed E-state index contributed by atoms with van der Waals surface area (Å²) in [6.45, 7) is 5.52. The van der Waals surface area contributed by atoms with Crippen LogP contribution in [-0.4, -0.2) is 61.7 Å². The van der Waals surface area contributed by atoms with Gasteiger partial charge in [-0.15, -0.1) is 0 Å². The van der Waals surface area contributed by atoms with E-state index < -0.39 is 72.5 Å². The molecule has 0 N–H and O–H groups in total. The third kappa shape index (κ3) is 14.1. The van der Waals surface area contributed by atoms with E-state index in [1.807, 2.05) is 0 Å². The number of esters is 4. The van der Waals surface area contributed by atoms with Gasteiger partial charge in [0.1, 0.15) is 24.4 Å². The second kappa shape index (κ2) is 19.2. The van der Waals surface area contributed by atoms with Crippen molar-refractivity contribution in [2.75, 3.05) is 13.2 Å². The number of carbonyl (C=O) groups is 4. The molecule has 2 aromatic carbocycles. The number of hydrogen-bond donors (Lipinski definition) is 0. The van der Waals surface area contributed by atoms with Gasteiger partial charge in [0.25, 0.3) is 0 Å². The van der Waals surface area contributed by atoms with Gasteiger partial charge in [0.15, 0.2) is 0 Å². The Balaban J connectivity index is 2.03. The summed E-state index contributed by atoms with van der Waals surface area (Å²) in [5.74, 6) is -7.90. The third-order valence-electron chi connectivity index (χ3n) is 7.50. The first-order valence-electron chi connectivity index (χ1n) is 15.5. The molecule has 2 unspecified atom stereocenters. The largest absolute Gasteiger partial charge is 0.490 e. The minimum Gasteiger partial charge on any atom is -0.462 e. The molecular weight excluding hydrogens is 666 g/mol. The summed E-state index contributed by atoms with van der Waals surface area (Å²) in [7, 11) is 0. The van der Waals surface area contributed by atoms with E-state index >= 15 is 0 Å². The summed E-state index contributed by atoms with van der Waals surface area (Å²) in [6, 6.07) is 15.5. The normalized spacial score (nSPS) is 15.6. The zero-order valence-electron chi connectivity index (χ0n) is 27.4. The molecule has 9 nitrogen and oxygen atoms in total. The summed E-state index contributed by atoms with van der Waals surface area (Å²) in [5.41, 5.74) is 0.556. The molecular formula is C34H40F6O9. The van der Waals surface area contributed by atoms with Crippen LogP contribution in [0.3, 0.4) is 0 Å². The minimum absolute atomic E-state index is 0.118. The lowest BCUT2D eigenvalue weighted by Gasteiger charge is -2.31. The molecule has 2 rings (SSSR count). The van der Waals surface area contributed by atoms with E-state index in [0.29, 0.717) is 0 Å². The second-order valence-corrected chi connectivity index (χ2v) is 11.4. The Morgan fingerprint density at radius 2 is 0.898 bits per heavy atom. The van der Waals surface area contributed by atoms with Gasteiger partial charge >= 0.3 is 36.2 Å². The zero-order valence-corrected chi connectivity index (χ0v) is 27.4. The molecule has 49 heavy (non-hydrogen) atoms. The van der Waals surface area contributed by atoms with Gasteiger partial charge in [0.2, 0.25) is 0 Å². The van der Waals surface area contributed by atoms with Crippen LogP contribution in [0.2, 0.25) is 0 Å². The van der Waals surface area contributed by atoms with Crippen LogP contribution in [0.1, 0.15) is 76.7 Å². The lowest BCUT2D eigenvalue weighted by atomic mass is 9.89. The van der Waals surface area contributed by atoms with Crippen LogP contribution in [0, 0.1) is 11.8 Å². The van der Waals surface area contributed by atoms with Crippen molar-refractivity contribution in [1.82, 2.24) is 0 Å². The molecule has 0 aliphatic heterocycles. The highest BCUT2D eigenvalue weighted by Gasteiger charge is 2.45. The Morgan fingerprint density at radius 1 is 0.571 bits per heavy atom. The van der Waals surface area contributed by atoms with Crippen molar-refractivity contribution in [3.63, 3.8) is 0 Å². The Hall–Kier alpha value is -4.14. The second-order valence-electron chi connectivity index (χ2n) is 11.4. The van der Waals surface area contributed by atoms with Gasteiger partial charge < -0.3 is 23.7 Å². The number of carbonyl (C=O) groups excluding carboxylic acids is 4. The molecule has 6 atom stereocenters. The van der Waals surface area contributed by atoms with E-state index in [1.54, 1.807) is 36.4 Å².